The number of alkyl halides is 10. The molecule has 0 spiro atoms. The maximum atomic E-state index is 12.6. The Balaban J connectivity index is 4.92. The molecular formula is C7H4F9I. The van der Waals surface area contributed by atoms with Gasteiger partial charge in [0, 0.05) is 22.6 Å². The average molecular weight is 386 g/mol. The lowest BCUT2D eigenvalue weighted by Crippen LogP contribution is -2.49. The third kappa shape index (κ3) is 4.54. The molecule has 0 atom stereocenters. The van der Waals surface area contributed by atoms with E-state index in [2.05, 4.69) is 0 Å². The van der Waals surface area contributed by atoms with Crippen LogP contribution in [0.4, 0.5) is 39.5 Å². The van der Waals surface area contributed by atoms with Crippen LogP contribution in [0.1, 0.15) is 6.42 Å². The lowest BCUT2D eigenvalue weighted by atomic mass is 10.1. The van der Waals surface area contributed by atoms with Gasteiger partial charge in [0.25, 0.3) is 0 Å². The zero-order chi connectivity index (χ0) is 14.1. The Hall–Kier alpha value is -0.160. The molecule has 0 aromatic heterocycles. The SMILES string of the molecule is FC(F)(F)CC=CC(F)(F)C(F)(F)C(F)(F)I. The maximum Gasteiger partial charge on any atom is 0.392 e. The van der Waals surface area contributed by atoms with Gasteiger partial charge in [0.15, 0.2) is 0 Å². The quantitative estimate of drug-likeness (QED) is 0.282. The van der Waals surface area contributed by atoms with Gasteiger partial charge in [0.2, 0.25) is 0 Å². The van der Waals surface area contributed by atoms with Crippen molar-refractivity contribution in [3.63, 3.8) is 0 Å². The molecule has 0 aliphatic heterocycles. The second-order valence-corrected chi connectivity index (χ2v) is 4.27. The van der Waals surface area contributed by atoms with Gasteiger partial charge in [0.1, 0.15) is 0 Å². The molecule has 0 aliphatic rings. The van der Waals surface area contributed by atoms with Crippen LogP contribution in [-0.4, -0.2) is 22.0 Å². The monoisotopic (exact) mass is 386 g/mol. The fourth-order valence-corrected chi connectivity index (χ4v) is 0.994. The summed E-state index contributed by atoms with van der Waals surface area (Å²) in [5.74, 6) is -11.1. The van der Waals surface area contributed by atoms with Crippen molar-refractivity contribution < 1.29 is 39.5 Å². The molecule has 0 amide bonds. The number of halogens is 10. The molecule has 0 saturated heterocycles. The molecule has 0 N–H and O–H groups in total. The van der Waals surface area contributed by atoms with Gasteiger partial charge in [-0.3, -0.25) is 0 Å². The van der Waals surface area contributed by atoms with Gasteiger partial charge < -0.3 is 0 Å². The van der Waals surface area contributed by atoms with Crippen LogP contribution < -0.4 is 0 Å². The van der Waals surface area contributed by atoms with Crippen molar-refractivity contribution in [3.05, 3.63) is 12.2 Å². The van der Waals surface area contributed by atoms with Crippen LogP contribution in [0.25, 0.3) is 0 Å². The third-order valence-corrected chi connectivity index (χ3v) is 2.13. The van der Waals surface area contributed by atoms with E-state index in [0.717, 1.165) is 0 Å². The van der Waals surface area contributed by atoms with E-state index in [9.17, 15) is 39.5 Å². The fourth-order valence-electron chi connectivity index (χ4n) is 0.634. The predicted molar refractivity (Wildman–Crippen MR) is 48.7 cm³/mol. The van der Waals surface area contributed by atoms with Crippen molar-refractivity contribution in [1.29, 1.82) is 0 Å². The zero-order valence-electron chi connectivity index (χ0n) is 7.64. The Morgan fingerprint density at radius 3 is 1.53 bits per heavy atom. The normalized spacial score (nSPS) is 15.6. The molecule has 0 saturated carbocycles. The highest BCUT2D eigenvalue weighted by Gasteiger charge is 2.69. The van der Waals surface area contributed by atoms with Gasteiger partial charge in [-0.2, -0.15) is 39.5 Å². The predicted octanol–water partition coefficient (Wildman–Crippen LogP) is 4.79. The Bertz CT molecular complexity index is 285. The highest BCUT2D eigenvalue weighted by molar-refractivity contribution is 14.1. The molecule has 0 radical (unpaired) electrons. The standard InChI is InChI=1S/C7H4F9I/c8-4(9,2-1-3-5(10,11)12)6(13,14)7(15,16)17/h1-2H,3H2. The first-order chi connectivity index (χ1) is 7.21. The molecule has 17 heavy (non-hydrogen) atoms. The number of rotatable bonds is 4. The minimum atomic E-state index is -5.78. The summed E-state index contributed by atoms with van der Waals surface area (Å²) in [4.78, 5) is 0. The molecule has 0 bridgehead atoms. The number of hydrogen-bond acceptors (Lipinski definition) is 0. The minimum absolute atomic E-state index is 0.207. The highest BCUT2D eigenvalue weighted by atomic mass is 127. The highest BCUT2D eigenvalue weighted by Crippen LogP contribution is 2.49. The van der Waals surface area contributed by atoms with Crippen LogP contribution in [0.5, 0.6) is 0 Å². The number of allylic oxidation sites excluding steroid dienone is 2. The van der Waals surface area contributed by atoms with Gasteiger partial charge in [-0.05, 0) is 6.08 Å². The molecule has 0 aromatic rings. The van der Waals surface area contributed by atoms with Crippen LogP contribution in [-0.2, 0) is 0 Å². The van der Waals surface area contributed by atoms with Gasteiger partial charge in [-0.1, -0.05) is 6.08 Å². The van der Waals surface area contributed by atoms with Crippen molar-refractivity contribution in [2.75, 3.05) is 0 Å². The second-order valence-electron chi connectivity index (χ2n) is 2.92. The summed E-state index contributed by atoms with van der Waals surface area (Å²) in [6.45, 7) is 0. The minimum Gasteiger partial charge on any atom is -0.195 e. The molecule has 0 nitrogen and oxygen atoms in total. The van der Waals surface area contributed by atoms with Gasteiger partial charge >= 0.3 is 22.0 Å². The first-order valence-electron chi connectivity index (χ1n) is 3.77. The van der Waals surface area contributed by atoms with Gasteiger partial charge in [0.05, 0.1) is 6.42 Å². The van der Waals surface area contributed by atoms with E-state index in [-0.39, 0.29) is 28.7 Å². The summed E-state index contributed by atoms with van der Waals surface area (Å²) in [5, 5.41) is 0. The molecule has 0 fully saturated rings. The smallest absolute Gasteiger partial charge is 0.195 e. The molecule has 0 unspecified atom stereocenters. The average Bonchev–Trinajstić information content (AvgIpc) is 1.98. The van der Waals surface area contributed by atoms with Crippen molar-refractivity contribution >= 4 is 22.6 Å². The lowest BCUT2D eigenvalue weighted by Gasteiger charge is -2.27. The van der Waals surface area contributed by atoms with Gasteiger partial charge in [-0.25, -0.2) is 0 Å². The maximum absolute atomic E-state index is 12.6. The summed E-state index contributed by atoms with van der Waals surface area (Å²) in [6.07, 6.45) is -7.98. The molecular weight excluding hydrogens is 382 g/mol. The van der Waals surface area contributed by atoms with Crippen LogP contribution in [0.2, 0.25) is 0 Å². The first kappa shape index (κ1) is 16.8. The van der Waals surface area contributed by atoms with Crippen LogP contribution in [0, 0.1) is 0 Å². The van der Waals surface area contributed by atoms with Gasteiger partial charge in [-0.15, -0.1) is 0 Å². The third-order valence-electron chi connectivity index (χ3n) is 1.45. The van der Waals surface area contributed by atoms with Crippen molar-refractivity contribution in [2.24, 2.45) is 0 Å². The summed E-state index contributed by atoms with van der Waals surface area (Å²) in [5.41, 5.74) is 0. The zero-order valence-corrected chi connectivity index (χ0v) is 9.80. The summed E-state index contributed by atoms with van der Waals surface area (Å²) >= 11 is -0.207. The Labute approximate surface area is 103 Å². The molecule has 0 aromatic carbocycles. The first-order valence-corrected chi connectivity index (χ1v) is 4.85. The number of hydrogen-bond donors (Lipinski definition) is 0. The van der Waals surface area contributed by atoms with E-state index >= 15 is 0 Å². The fraction of sp³-hybridized carbons (Fsp3) is 0.714. The molecule has 0 aliphatic carbocycles. The second kappa shape index (κ2) is 4.84. The van der Waals surface area contributed by atoms with Crippen molar-refractivity contribution in [1.82, 2.24) is 0 Å². The molecule has 0 rings (SSSR count). The Morgan fingerprint density at radius 2 is 1.24 bits per heavy atom. The van der Waals surface area contributed by atoms with E-state index in [1.165, 1.54) is 0 Å². The molecule has 0 heterocycles. The van der Waals surface area contributed by atoms with E-state index in [0.29, 0.717) is 0 Å². The van der Waals surface area contributed by atoms with E-state index < -0.39 is 34.4 Å². The van der Waals surface area contributed by atoms with Crippen molar-refractivity contribution in [3.8, 4) is 0 Å². The van der Waals surface area contributed by atoms with E-state index in [4.69, 9.17) is 0 Å². The van der Waals surface area contributed by atoms with E-state index in [1.807, 2.05) is 0 Å². The van der Waals surface area contributed by atoms with Crippen LogP contribution >= 0.6 is 22.6 Å². The van der Waals surface area contributed by atoms with E-state index in [1.54, 1.807) is 0 Å². The van der Waals surface area contributed by atoms with Crippen LogP contribution in [0.15, 0.2) is 12.2 Å². The summed E-state index contributed by atoms with van der Waals surface area (Å²) < 4.78 is 104. The topological polar surface area (TPSA) is 0 Å². The molecule has 102 valence electrons. The molecule has 10 heteroatoms. The van der Waals surface area contributed by atoms with Crippen LogP contribution in [0.3, 0.4) is 0 Å². The Kier molecular flexibility index (Phi) is 4.80. The Morgan fingerprint density at radius 1 is 0.824 bits per heavy atom. The van der Waals surface area contributed by atoms with Crippen molar-refractivity contribution in [2.45, 2.75) is 28.4 Å². The lowest BCUT2D eigenvalue weighted by molar-refractivity contribution is -0.249. The summed E-state index contributed by atoms with van der Waals surface area (Å²) in [6, 6.07) is 0. The largest absolute Gasteiger partial charge is 0.392 e. The summed E-state index contributed by atoms with van der Waals surface area (Å²) in [7, 11) is 0.